The maximum Gasteiger partial charge on any atom is 0.269 e. The molecule has 0 aliphatic heterocycles. The summed E-state index contributed by atoms with van der Waals surface area (Å²) in [5.74, 6) is -0.0328. The summed E-state index contributed by atoms with van der Waals surface area (Å²) in [5, 5.41) is 20.0. The third kappa shape index (κ3) is 5.03. The Morgan fingerprint density at radius 1 is 1.09 bits per heavy atom. The topological polar surface area (TPSA) is 99.1 Å². The van der Waals surface area contributed by atoms with Crippen LogP contribution in [0.4, 0.5) is 5.69 Å². The summed E-state index contributed by atoms with van der Waals surface area (Å²) in [6.07, 6.45) is 5.67. The molecule has 0 fully saturated rings. The van der Waals surface area contributed by atoms with E-state index in [1.165, 1.54) is 12.1 Å². The Morgan fingerprint density at radius 2 is 1.79 bits per heavy atom. The van der Waals surface area contributed by atoms with E-state index in [4.69, 9.17) is 5.10 Å². The first-order chi connectivity index (χ1) is 16.3. The van der Waals surface area contributed by atoms with Crippen molar-refractivity contribution in [2.24, 2.45) is 7.05 Å². The van der Waals surface area contributed by atoms with E-state index in [1.807, 2.05) is 68.5 Å². The number of carbonyl (C=O) groups excluding carboxylic acids is 1. The predicted molar refractivity (Wildman–Crippen MR) is 128 cm³/mol. The van der Waals surface area contributed by atoms with Gasteiger partial charge in [0, 0.05) is 60.9 Å². The number of non-ortho nitro benzene ring substituents is 1. The zero-order chi connectivity index (χ0) is 24.2. The fourth-order valence-electron chi connectivity index (χ4n) is 3.81. The van der Waals surface area contributed by atoms with Crippen LogP contribution in [-0.4, -0.2) is 41.3 Å². The summed E-state index contributed by atoms with van der Waals surface area (Å²) < 4.78 is 3.45. The fraction of sp³-hybridized carbons (Fsp3) is 0.240. The molecule has 0 bridgehead atoms. The van der Waals surface area contributed by atoms with Crippen LogP contribution in [0.3, 0.4) is 0 Å². The van der Waals surface area contributed by atoms with Crippen LogP contribution >= 0.6 is 0 Å². The Morgan fingerprint density at radius 3 is 2.38 bits per heavy atom. The molecule has 174 valence electrons. The summed E-state index contributed by atoms with van der Waals surface area (Å²) >= 11 is 0. The number of nitro benzene ring substituents is 1. The molecule has 2 aromatic heterocycles. The highest BCUT2D eigenvalue weighted by atomic mass is 16.6. The summed E-state index contributed by atoms with van der Waals surface area (Å²) in [4.78, 5) is 25.9. The van der Waals surface area contributed by atoms with Crippen LogP contribution in [0.2, 0.25) is 0 Å². The first-order valence-electron chi connectivity index (χ1n) is 11.0. The number of hydrogen-bond donors (Lipinski definition) is 0. The Labute approximate surface area is 197 Å². The van der Waals surface area contributed by atoms with Gasteiger partial charge in [-0.25, -0.2) is 4.68 Å². The monoisotopic (exact) mass is 458 g/mol. The van der Waals surface area contributed by atoms with Gasteiger partial charge in [-0.05, 0) is 38.1 Å². The smallest absolute Gasteiger partial charge is 0.269 e. The summed E-state index contributed by atoms with van der Waals surface area (Å²) in [7, 11) is 1.85. The number of aromatic nitrogens is 4. The van der Waals surface area contributed by atoms with Gasteiger partial charge >= 0.3 is 0 Å². The summed E-state index contributed by atoms with van der Waals surface area (Å²) in [5.41, 5.74) is 3.91. The van der Waals surface area contributed by atoms with Gasteiger partial charge in [0.15, 0.2) is 0 Å². The second-order valence-electron chi connectivity index (χ2n) is 8.40. The third-order valence-corrected chi connectivity index (χ3v) is 5.56. The SMILES string of the molecule is CC(C)N(Cc1cnn(C)c1)C(=O)Cc1cn(-c2ccccc2)nc1-c1ccc([N+](=O)[O-])cc1. The minimum atomic E-state index is -0.435. The lowest BCUT2D eigenvalue weighted by Crippen LogP contribution is -2.37. The lowest BCUT2D eigenvalue weighted by molar-refractivity contribution is -0.384. The van der Waals surface area contributed by atoms with Crippen molar-refractivity contribution in [3.05, 3.63) is 94.4 Å². The van der Waals surface area contributed by atoms with E-state index >= 15 is 0 Å². The van der Waals surface area contributed by atoms with E-state index in [0.717, 1.165) is 16.8 Å². The van der Waals surface area contributed by atoms with Crippen molar-refractivity contribution < 1.29 is 9.72 Å². The lowest BCUT2D eigenvalue weighted by Gasteiger charge is -2.26. The zero-order valence-corrected chi connectivity index (χ0v) is 19.3. The van der Waals surface area contributed by atoms with E-state index < -0.39 is 4.92 Å². The van der Waals surface area contributed by atoms with Gasteiger partial charge in [0.1, 0.15) is 0 Å². The zero-order valence-electron chi connectivity index (χ0n) is 19.3. The molecule has 0 atom stereocenters. The lowest BCUT2D eigenvalue weighted by atomic mass is 10.0. The van der Waals surface area contributed by atoms with Crippen molar-refractivity contribution in [3.8, 4) is 16.9 Å². The molecule has 9 nitrogen and oxygen atoms in total. The molecule has 0 aliphatic rings. The van der Waals surface area contributed by atoms with E-state index in [2.05, 4.69) is 5.10 Å². The van der Waals surface area contributed by atoms with Crippen LogP contribution in [0.1, 0.15) is 25.0 Å². The minimum Gasteiger partial charge on any atom is -0.336 e. The molecule has 0 radical (unpaired) electrons. The number of benzene rings is 2. The van der Waals surface area contributed by atoms with Gasteiger partial charge in [0.05, 0.1) is 28.9 Å². The van der Waals surface area contributed by atoms with Crippen molar-refractivity contribution in [1.29, 1.82) is 0 Å². The highest BCUT2D eigenvalue weighted by Crippen LogP contribution is 2.27. The van der Waals surface area contributed by atoms with E-state index in [0.29, 0.717) is 17.8 Å². The van der Waals surface area contributed by atoms with Crippen LogP contribution in [0.15, 0.2) is 73.2 Å². The van der Waals surface area contributed by atoms with Crippen LogP contribution in [0.5, 0.6) is 0 Å². The Kier molecular flexibility index (Phi) is 6.53. The highest BCUT2D eigenvalue weighted by molar-refractivity contribution is 5.81. The van der Waals surface area contributed by atoms with E-state index in [-0.39, 0.29) is 24.1 Å². The molecule has 0 N–H and O–H groups in total. The maximum absolute atomic E-state index is 13.4. The molecule has 0 aliphatic carbocycles. The number of aryl methyl sites for hydroxylation is 1. The van der Waals surface area contributed by atoms with Gasteiger partial charge < -0.3 is 4.90 Å². The largest absolute Gasteiger partial charge is 0.336 e. The van der Waals surface area contributed by atoms with Crippen molar-refractivity contribution in [3.63, 3.8) is 0 Å². The van der Waals surface area contributed by atoms with Gasteiger partial charge in [-0.15, -0.1) is 0 Å². The van der Waals surface area contributed by atoms with Crippen molar-refractivity contribution in [1.82, 2.24) is 24.5 Å². The van der Waals surface area contributed by atoms with Crippen LogP contribution < -0.4 is 0 Å². The predicted octanol–water partition coefficient (Wildman–Crippen LogP) is 4.16. The molecule has 0 unspecified atom stereocenters. The normalized spacial score (nSPS) is 11.1. The second-order valence-corrected chi connectivity index (χ2v) is 8.40. The van der Waals surface area contributed by atoms with E-state index in [9.17, 15) is 14.9 Å². The number of hydrogen-bond acceptors (Lipinski definition) is 5. The maximum atomic E-state index is 13.4. The second kappa shape index (κ2) is 9.70. The summed E-state index contributed by atoms with van der Waals surface area (Å²) in [6.45, 7) is 4.43. The summed E-state index contributed by atoms with van der Waals surface area (Å²) in [6, 6.07) is 15.9. The molecular formula is C25H26N6O3. The molecular weight excluding hydrogens is 432 g/mol. The van der Waals surface area contributed by atoms with Crippen LogP contribution in [-0.2, 0) is 24.8 Å². The average Bonchev–Trinajstić information content (AvgIpc) is 3.43. The van der Waals surface area contributed by atoms with Gasteiger partial charge in [0.25, 0.3) is 5.69 Å². The fourth-order valence-corrected chi connectivity index (χ4v) is 3.81. The first-order valence-corrected chi connectivity index (χ1v) is 11.0. The molecule has 1 amide bonds. The molecule has 2 heterocycles. The molecule has 4 aromatic rings. The van der Waals surface area contributed by atoms with Crippen molar-refractivity contribution in [2.75, 3.05) is 0 Å². The number of rotatable bonds is 8. The number of amides is 1. The number of carbonyl (C=O) groups is 1. The van der Waals surface area contributed by atoms with Crippen LogP contribution in [0, 0.1) is 10.1 Å². The number of para-hydroxylation sites is 1. The standard InChI is InChI=1S/C25H26N6O3/c1-18(2)29(16-19-14-26-28(3)15-19)24(32)13-21-17-30(22-7-5-4-6-8-22)27-25(21)20-9-11-23(12-10-20)31(33)34/h4-12,14-15,17-18H,13,16H2,1-3H3. The van der Waals surface area contributed by atoms with Gasteiger partial charge in [-0.2, -0.15) is 10.2 Å². The van der Waals surface area contributed by atoms with Gasteiger partial charge in [-0.1, -0.05) is 18.2 Å². The van der Waals surface area contributed by atoms with Gasteiger partial charge in [-0.3, -0.25) is 19.6 Å². The van der Waals surface area contributed by atoms with Crippen molar-refractivity contribution >= 4 is 11.6 Å². The van der Waals surface area contributed by atoms with Crippen LogP contribution in [0.25, 0.3) is 16.9 Å². The molecule has 34 heavy (non-hydrogen) atoms. The molecule has 2 aromatic carbocycles. The quantitative estimate of drug-likeness (QED) is 0.292. The first kappa shape index (κ1) is 22.9. The molecule has 9 heteroatoms. The Hall–Kier alpha value is -4.27. The minimum absolute atomic E-state index is 0.000278. The number of nitrogens with zero attached hydrogens (tertiary/aromatic N) is 6. The number of nitro groups is 1. The third-order valence-electron chi connectivity index (χ3n) is 5.56. The Balaban J connectivity index is 1.68. The molecule has 0 saturated heterocycles. The van der Waals surface area contributed by atoms with Gasteiger partial charge in [0.2, 0.25) is 5.91 Å². The molecule has 0 saturated carbocycles. The Bertz CT molecular complexity index is 1290. The average molecular weight is 459 g/mol. The van der Waals surface area contributed by atoms with Crippen molar-refractivity contribution in [2.45, 2.75) is 32.9 Å². The molecule has 0 spiro atoms. The molecule has 4 rings (SSSR count). The highest BCUT2D eigenvalue weighted by Gasteiger charge is 2.22. The van der Waals surface area contributed by atoms with E-state index in [1.54, 1.807) is 27.7 Å².